The van der Waals surface area contributed by atoms with Crippen molar-refractivity contribution >= 4 is 29.9 Å². The van der Waals surface area contributed by atoms with Gasteiger partial charge >= 0.3 is 0 Å². The number of aliphatic hydroxyl groups excluding tert-OH is 1. The standard InChI is InChI=1S/C17H25N3O2.HI/c1-2-18-17(20-9-7-14(21)12-20)19-11-13-8-10-22-16-6-4-3-5-15(13)16;/h3-6,13-14,21H,2,7-12H2,1H3,(H,18,19);1H/t13?,14-;/m1./s1. The van der Waals surface area contributed by atoms with Crippen LogP contribution in [0.2, 0.25) is 0 Å². The molecule has 1 unspecified atom stereocenters. The van der Waals surface area contributed by atoms with Gasteiger partial charge in [0, 0.05) is 32.1 Å². The summed E-state index contributed by atoms with van der Waals surface area (Å²) in [4.78, 5) is 6.97. The molecule has 5 nitrogen and oxygen atoms in total. The minimum Gasteiger partial charge on any atom is -0.493 e. The summed E-state index contributed by atoms with van der Waals surface area (Å²) >= 11 is 0. The Bertz CT molecular complexity index is 538. The van der Waals surface area contributed by atoms with E-state index in [2.05, 4.69) is 29.3 Å². The van der Waals surface area contributed by atoms with E-state index in [9.17, 15) is 5.11 Å². The molecule has 0 aromatic heterocycles. The largest absolute Gasteiger partial charge is 0.493 e. The van der Waals surface area contributed by atoms with Crippen LogP contribution in [0.25, 0.3) is 0 Å². The van der Waals surface area contributed by atoms with E-state index >= 15 is 0 Å². The van der Waals surface area contributed by atoms with E-state index in [-0.39, 0.29) is 30.1 Å². The molecule has 0 spiro atoms. The topological polar surface area (TPSA) is 57.1 Å². The molecule has 3 rings (SSSR count). The molecule has 23 heavy (non-hydrogen) atoms. The Kier molecular flexibility index (Phi) is 6.95. The fourth-order valence-corrected chi connectivity index (χ4v) is 3.16. The fraction of sp³-hybridized carbons (Fsp3) is 0.588. The third-order valence-electron chi connectivity index (χ3n) is 4.34. The minimum atomic E-state index is -0.229. The van der Waals surface area contributed by atoms with Gasteiger partial charge in [-0.15, -0.1) is 24.0 Å². The van der Waals surface area contributed by atoms with E-state index in [4.69, 9.17) is 9.73 Å². The first kappa shape index (κ1) is 18.3. The lowest BCUT2D eigenvalue weighted by Gasteiger charge is -2.26. The maximum absolute atomic E-state index is 9.72. The zero-order valence-corrected chi connectivity index (χ0v) is 15.9. The number of guanidine groups is 1. The van der Waals surface area contributed by atoms with E-state index in [0.717, 1.165) is 50.8 Å². The average molecular weight is 431 g/mol. The minimum absolute atomic E-state index is 0. The van der Waals surface area contributed by atoms with Crippen LogP contribution in [-0.2, 0) is 0 Å². The molecule has 0 radical (unpaired) electrons. The monoisotopic (exact) mass is 431 g/mol. The number of likely N-dealkylation sites (tertiary alicyclic amines) is 1. The quantitative estimate of drug-likeness (QED) is 0.438. The van der Waals surface area contributed by atoms with Gasteiger partial charge in [0.15, 0.2) is 5.96 Å². The summed E-state index contributed by atoms with van der Waals surface area (Å²) < 4.78 is 5.71. The number of para-hydroxylation sites is 1. The third-order valence-corrected chi connectivity index (χ3v) is 4.34. The number of fused-ring (bicyclic) bond motifs is 1. The lowest BCUT2D eigenvalue weighted by atomic mass is 9.93. The van der Waals surface area contributed by atoms with Gasteiger partial charge in [0.05, 0.1) is 12.7 Å². The third kappa shape index (κ3) is 4.50. The van der Waals surface area contributed by atoms with Crippen LogP contribution in [0.1, 0.15) is 31.2 Å². The Labute approximate surface area is 155 Å². The summed E-state index contributed by atoms with van der Waals surface area (Å²) in [6, 6.07) is 8.25. The molecular formula is C17H26IN3O2. The number of benzene rings is 1. The van der Waals surface area contributed by atoms with Crippen molar-refractivity contribution in [2.45, 2.75) is 31.8 Å². The van der Waals surface area contributed by atoms with Gasteiger partial charge in [0.2, 0.25) is 0 Å². The van der Waals surface area contributed by atoms with Crippen LogP contribution in [0.5, 0.6) is 5.75 Å². The second kappa shape index (κ2) is 8.73. The van der Waals surface area contributed by atoms with E-state index in [0.29, 0.717) is 12.5 Å². The summed E-state index contributed by atoms with van der Waals surface area (Å²) in [7, 11) is 0. The average Bonchev–Trinajstić information content (AvgIpc) is 2.98. The maximum Gasteiger partial charge on any atom is 0.194 e. The highest BCUT2D eigenvalue weighted by molar-refractivity contribution is 14.0. The van der Waals surface area contributed by atoms with E-state index < -0.39 is 0 Å². The number of halogens is 1. The van der Waals surface area contributed by atoms with Crippen molar-refractivity contribution in [1.29, 1.82) is 0 Å². The highest BCUT2D eigenvalue weighted by Crippen LogP contribution is 2.33. The van der Waals surface area contributed by atoms with Gasteiger partial charge in [-0.1, -0.05) is 18.2 Å². The Hall–Kier alpha value is -1.02. The zero-order valence-electron chi connectivity index (χ0n) is 13.6. The molecule has 1 aromatic rings. The number of rotatable bonds is 3. The van der Waals surface area contributed by atoms with Crippen LogP contribution in [0.4, 0.5) is 0 Å². The Morgan fingerprint density at radius 2 is 2.22 bits per heavy atom. The van der Waals surface area contributed by atoms with Crippen LogP contribution in [0, 0.1) is 0 Å². The molecule has 1 saturated heterocycles. The van der Waals surface area contributed by atoms with Crippen molar-refractivity contribution in [2.24, 2.45) is 4.99 Å². The summed E-state index contributed by atoms with van der Waals surface area (Å²) in [6.45, 7) is 5.99. The predicted molar refractivity (Wildman–Crippen MR) is 103 cm³/mol. The van der Waals surface area contributed by atoms with Crippen LogP contribution < -0.4 is 10.1 Å². The lowest BCUT2D eigenvalue weighted by Crippen LogP contribution is -2.40. The lowest BCUT2D eigenvalue weighted by molar-refractivity contribution is 0.187. The van der Waals surface area contributed by atoms with Crippen molar-refractivity contribution in [3.63, 3.8) is 0 Å². The first-order valence-electron chi connectivity index (χ1n) is 8.21. The second-order valence-electron chi connectivity index (χ2n) is 5.96. The van der Waals surface area contributed by atoms with Gasteiger partial charge in [0.25, 0.3) is 0 Å². The highest BCUT2D eigenvalue weighted by Gasteiger charge is 2.24. The molecule has 6 heteroatoms. The molecule has 128 valence electrons. The SMILES string of the molecule is CCNC(=NCC1CCOc2ccccc21)N1CC[C@@H](O)C1.I. The molecule has 2 N–H and O–H groups in total. The normalized spacial score (nSPS) is 23.7. The number of ether oxygens (including phenoxy) is 1. The summed E-state index contributed by atoms with van der Waals surface area (Å²) in [5.41, 5.74) is 1.26. The second-order valence-corrected chi connectivity index (χ2v) is 5.96. The number of hydrogen-bond acceptors (Lipinski definition) is 3. The number of aliphatic hydroxyl groups is 1. The molecule has 1 aromatic carbocycles. The van der Waals surface area contributed by atoms with Crippen LogP contribution >= 0.6 is 24.0 Å². The van der Waals surface area contributed by atoms with E-state index in [1.54, 1.807) is 0 Å². The predicted octanol–water partition coefficient (Wildman–Crippen LogP) is 2.20. The first-order valence-corrected chi connectivity index (χ1v) is 8.21. The van der Waals surface area contributed by atoms with E-state index in [1.807, 2.05) is 12.1 Å². The van der Waals surface area contributed by atoms with E-state index in [1.165, 1.54) is 5.56 Å². The number of aliphatic imine (C=N–C) groups is 1. The molecule has 0 amide bonds. The molecule has 2 heterocycles. The zero-order chi connectivity index (χ0) is 15.4. The van der Waals surface area contributed by atoms with Crippen molar-refractivity contribution in [1.82, 2.24) is 10.2 Å². The van der Waals surface area contributed by atoms with Gasteiger partial charge in [-0.25, -0.2) is 0 Å². The highest BCUT2D eigenvalue weighted by atomic mass is 127. The van der Waals surface area contributed by atoms with Crippen molar-refractivity contribution < 1.29 is 9.84 Å². The molecule has 0 aliphatic carbocycles. The molecule has 0 saturated carbocycles. The van der Waals surface area contributed by atoms with Gasteiger partial charge in [-0.3, -0.25) is 4.99 Å². The van der Waals surface area contributed by atoms with Crippen LogP contribution in [0.3, 0.4) is 0 Å². The number of nitrogens with one attached hydrogen (secondary N) is 1. The fourth-order valence-electron chi connectivity index (χ4n) is 3.16. The molecule has 0 bridgehead atoms. The van der Waals surface area contributed by atoms with Crippen molar-refractivity contribution in [3.05, 3.63) is 29.8 Å². The number of β-amino-alcohol motifs (C(OH)–C–C–N with tert-alkyl or cyclic N) is 1. The van der Waals surface area contributed by atoms with Crippen LogP contribution in [-0.4, -0.2) is 54.9 Å². The number of nitrogens with zero attached hydrogens (tertiary/aromatic N) is 2. The molecular weight excluding hydrogens is 405 g/mol. The Morgan fingerprint density at radius 1 is 1.39 bits per heavy atom. The Morgan fingerprint density at radius 3 is 2.96 bits per heavy atom. The van der Waals surface area contributed by atoms with Crippen LogP contribution in [0.15, 0.2) is 29.3 Å². The summed E-state index contributed by atoms with van der Waals surface area (Å²) in [5.74, 6) is 2.32. The first-order chi connectivity index (χ1) is 10.8. The Balaban J connectivity index is 0.00000192. The molecule has 2 atom stereocenters. The van der Waals surface area contributed by atoms with Gasteiger partial charge in [-0.05, 0) is 31.4 Å². The summed E-state index contributed by atoms with van der Waals surface area (Å²) in [5, 5.41) is 13.1. The number of hydrogen-bond donors (Lipinski definition) is 2. The van der Waals surface area contributed by atoms with Crippen molar-refractivity contribution in [2.75, 3.05) is 32.8 Å². The van der Waals surface area contributed by atoms with Gasteiger partial charge in [-0.2, -0.15) is 0 Å². The molecule has 2 aliphatic rings. The maximum atomic E-state index is 9.72. The van der Waals surface area contributed by atoms with Gasteiger partial charge in [0.1, 0.15) is 5.75 Å². The smallest absolute Gasteiger partial charge is 0.194 e. The van der Waals surface area contributed by atoms with Crippen molar-refractivity contribution in [3.8, 4) is 5.75 Å². The van der Waals surface area contributed by atoms with Gasteiger partial charge < -0.3 is 20.1 Å². The molecule has 1 fully saturated rings. The summed E-state index contributed by atoms with van der Waals surface area (Å²) in [6.07, 6.45) is 1.60. The molecule has 2 aliphatic heterocycles.